The summed E-state index contributed by atoms with van der Waals surface area (Å²) in [6.45, 7) is 0. The predicted octanol–water partition coefficient (Wildman–Crippen LogP) is 3.67. The molecule has 0 bridgehead atoms. The molecule has 6 nitrogen and oxygen atoms in total. The maximum absolute atomic E-state index is 12.4. The minimum absolute atomic E-state index is 0.00742. The minimum Gasteiger partial charge on any atom is -0.508 e. The molecule has 7 heteroatoms. The molecule has 0 unspecified atom stereocenters. The summed E-state index contributed by atoms with van der Waals surface area (Å²) in [6, 6.07) is 18.7. The lowest BCUT2D eigenvalue weighted by Crippen LogP contribution is -2.14. The van der Waals surface area contributed by atoms with E-state index in [9.17, 15) is 18.3 Å². The number of nitrogens with two attached hydrogens (primary N) is 1. The third-order valence-electron chi connectivity index (χ3n) is 3.95. The Morgan fingerprint density at radius 3 is 2.21 bits per heavy atom. The van der Waals surface area contributed by atoms with Crippen LogP contribution in [-0.4, -0.2) is 19.3 Å². The topological polar surface area (TPSA) is 109 Å². The highest BCUT2D eigenvalue weighted by molar-refractivity contribution is 7.92. The first-order valence-corrected chi connectivity index (χ1v) is 9.82. The fourth-order valence-corrected chi connectivity index (χ4v) is 3.68. The van der Waals surface area contributed by atoms with Gasteiger partial charge >= 0.3 is 0 Å². The van der Waals surface area contributed by atoms with Gasteiger partial charge in [0.15, 0.2) is 5.78 Å². The van der Waals surface area contributed by atoms with Crippen LogP contribution in [0.1, 0.15) is 15.9 Å². The molecule has 4 N–H and O–H groups in total. The van der Waals surface area contributed by atoms with Crippen molar-refractivity contribution in [2.24, 2.45) is 0 Å². The quantitative estimate of drug-likeness (QED) is 0.336. The molecule has 0 aromatic heterocycles. The number of benzene rings is 3. The van der Waals surface area contributed by atoms with Crippen molar-refractivity contribution in [1.29, 1.82) is 0 Å². The third-order valence-corrected chi connectivity index (χ3v) is 5.41. The van der Waals surface area contributed by atoms with E-state index in [0.717, 1.165) is 5.56 Å². The number of nitrogen functional groups attached to an aromatic ring is 1. The number of hydrogen-bond acceptors (Lipinski definition) is 5. The van der Waals surface area contributed by atoms with Gasteiger partial charge in [0.1, 0.15) is 10.6 Å². The van der Waals surface area contributed by atoms with Crippen molar-refractivity contribution in [1.82, 2.24) is 0 Å². The Hall–Kier alpha value is -3.58. The van der Waals surface area contributed by atoms with Crippen LogP contribution in [0.5, 0.6) is 5.75 Å². The highest BCUT2D eigenvalue weighted by atomic mass is 32.2. The zero-order chi connectivity index (χ0) is 20.1. The van der Waals surface area contributed by atoms with Gasteiger partial charge in [-0.25, -0.2) is 8.42 Å². The molecular weight excluding hydrogens is 376 g/mol. The Morgan fingerprint density at radius 1 is 0.929 bits per heavy atom. The predicted molar refractivity (Wildman–Crippen MR) is 110 cm³/mol. The number of nitrogens with one attached hydrogen (secondary N) is 1. The molecule has 0 saturated heterocycles. The molecule has 28 heavy (non-hydrogen) atoms. The van der Waals surface area contributed by atoms with Gasteiger partial charge in [0.05, 0.1) is 5.69 Å². The van der Waals surface area contributed by atoms with Crippen LogP contribution in [0.2, 0.25) is 0 Å². The first-order valence-electron chi connectivity index (χ1n) is 8.34. The van der Waals surface area contributed by atoms with Crippen molar-refractivity contribution in [3.63, 3.8) is 0 Å². The summed E-state index contributed by atoms with van der Waals surface area (Å²) in [5, 5.41) is 9.26. The standard InChI is InChI=1S/C21H18N2O4S/c22-19-3-1-2-4-21(19)28(26,27)23-17-10-8-16(9-11-17)20(25)14-7-15-5-12-18(24)13-6-15/h1-14,23-24H,22H2. The Kier molecular flexibility index (Phi) is 5.47. The van der Waals surface area contributed by atoms with E-state index in [-0.39, 0.29) is 22.1 Å². The molecule has 142 valence electrons. The SMILES string of the molecule is Nc1ccccc1S(=O)(=O)Nc1ccc(C(=O)C=Cc2ccc(O)cc2)cc1. The molecule has 0 spiro atoms. The van der Waals surface area contributed by atoms with E-state index in [1.54, 1.807) is 30.3 Å². The maximum Gasteiger partial charge on any atom is 0.263 e. The van der Waals surface area contributed by atoms with Gasteiger partial charge in [-0.05, 0) is 60.2 Å². The van der Waals surface area contributed by atoms with Gasteiger partial charge in [0, 0.05) is 11.3 Å². The van der Waals surface area contributed by atoms with Gasteiger partial charge in [-0.1, -0.05) is 30.3 Å². The molecule has 0 radical (unpaired) electrons. The second-order valence-electron chi connectivity index (χ2n) is 6.01. The molecule has 0 heterocycles. The van der Waals surface area contributed by atoms with Crippen LogP contribution in [0.25, 0.3) is 6.08 Å². The lowest BCUT2D eigenvalue weighted by atomic mass is 10.1. The van der Waals surface area contributed by atoms with Gasteiger partial charge in [-0.2, -0.15) is 0 Å². The van der Waals surface area contributed by atoms with Crippen molar-refractivity contribution in [3.8, 4) is 5.75 Å². The molecule has 3 rings (SSSR count). The van der Waals surface area contributed by atoms with Crippen molar-refractivity contribution in [2.45, 2.75) is 4.90 Å². The first kappa shape index (κ1) is 19.2. The second kappa shape index (κ2) is 7.98. The molecule has 3 aromatic rings. The fraction of sp³-hybridized carbons (Fsp3) is 0. The summed E-state index contributed by atoms with van der Waals surface area (Å²) < 4.78 is 27.3. The van der Waals surface area contributed by atoms with Crippen molar-refractivity contribution >= 4 is 33.3 Å². The van der Waals surface area contributed by atoms with Crippen molar-refractivity contribution in [2.75, 3.05) is 10.5 Å². The molecule has 0 aliphatic rings. The third kappa shape index (κ3) is 4.57. The number of para-hydroxylation sites is 1. The van der Waals surface area contributed by atoms with E-state index in [4.69, 9.17) is 5.73 Å². The molecular formula is C21H18N2O4S. The number of phenolic OH excluding ortho intramolecular Hbond substituents is 1. The number of anilines is 2. The summed E-state index contributed by atoms with van der Waals surface area (Å²) in [7, 11) is -3.82. The number of carbonyl (C=O) groups excluding carboxylic acids is 1. The Labute approximate surface area is 163 Å². The number of aromatic hydroxyl groups is 1. The van der Waals surface area contributed by atoms with E-state index in [1.165, 1.54) is 54.6 Å². The summed E-state index contributed by atoms with van der Waals surface area (Å²) in [5.74, 6) is -0.0754. The molecule has 0 aliphatic carbocycles. The number of allylic oxidation sites excluding steroid dienone is 1. The largest absolute Gasteiger partial charge is 0.508 e. The lowest BCUT2D eigenvalue weighted by molar-refractivity contribution is 0.104. The first-order chi connectivity index (χ1) is 13.3. The zero-order valence-corrected chi connectivity index (χ0v) is 15.6. The van der Waals surface area contributed by atoms with Gasteiger partial charge in [0.25, 0.3) is 10.0 Å². The van der Waals surface area contributed by atoms with Crippen LogP contribution in [0.4, 0.5) is 11.4 Å². The highest BCUT2D eigenvalue weighted by Gasteiger charge is 2.17. The van der Waals surface area contributed by atoms with E-state index in [1.807, 2.05) is 0 Å². The number of hydrogen-bond donors (Lipinski definition) is 3. The van der Waals surface area contributed by atoms with Crippen LogP contribution >= 0.6 is 0 Å². The van der Waals surface area contributed by atoms with Crippen molar-refractivity contribution < 1.29 is 18.3 Å². The van der Waals surface area contributed by atoms with E-state index < -0.39 is 10.0 Å². The lowest BCUT2D eigenvalue weighted by Gasteiger charge is -2.10. The van der Waals surface area contributed by atoms with Crippen LogP contribution in [-0.2, 0) is 10.0 Å². The van der Waals surface area contributed by atoms with Crippen molar-refractivity contribution in [3.05, 3.63) is 90.0 Å². The second-order valence-corrected chi connectivity index (χ2v) is 7.66. The molecule has 0 saturated carbocycles. The monoisotopic (exact) mass is 394 g/mol. The zero-order valence-electron chi connectivity index (χ0n) is 14.7. The number of rotatable bonds is 6. The average Bonchev–Trinajstić information content (AvgIpc) is 2.68. The van der Waals surface area contributed by atoms with Gasteiger partial charge in [-0.15, -0.1) is 0 Å². The van der Waals surface area contributed by atoms with E-state index in [0.29, 0.717) is 11.3 Å². The summed E-state index contributed by atoms with van der Waals surface area (Å²) in [4.78, 5) is 12.2. The van der Waals surface area contributed by atoms with Gasteiger partial charge < -0.3 is 10.8 Å². The van der Waals surface area contributed by atoms with Crippen LogP contribution in [0, 0.1) is 0 Å². The summed E-state index contributed by atoms with van der Waals surface area (Å²) in [5.41, 5.74) is 7.39. The Balaban J connectivity index is 1.72. The average molecular weight is 394 g/mol. The van der Waals surface area contributed by atoms with Gasteiger partial charge in [-0.3, -0.25) is 9.52 Å². The number of sulfonamides is 1. The number of carbonyl (C=O) groups is 1. The Bertz CT molecular complexity index is 1120. The molecule has 0 amide bonds. The molecule has 3 aromatic carbocycles. The number of ketones is 1. The molecule has 0 fully saturated rings. The van der Waals surface area contributed by atoms with Crippen LogP contribution < -0.4 is 10.5 Å². The summed E-state index contributed by atoms with van der Waals surface area (Å²) >= 11 is 0. The molecule has 0 aliphatic heterocycles. The fourth-order valence-electron chi connectivity index (χ4n) is 2.49. The summed E-state index contributed by atoms with van der Waals surface area (Å²) in [6.07, 6.45) is 3.05. The smallest absolute Gasteiger partial charge is 0.263 e. The maximum atomic E-state index is 12.4. The molecule has 0 atom stereocenters. The van der Waals surface area contributed by atoms with Gasteiger partial charge in [0.2, 0.25) is 0 Å². The highest BCUT2D eigenvalue weighted by Crippen LogP contribution is 2.21. The Morgan fingerprint density at radius 2 is 1.57 bits per heavy atom. The van der Waals surface area contributed by atoms with E-state index >= 15 is 0 Å². The van der Waals surface area contributed by atoms with Crippen LogP contribution in [0.15, 0.2) is 83.8 Å². The number of phenols is 1. The normalized spacial score (nSPS) is 11.4. The van der Waals surface area contributed by atoms with Crippen LogP contribution in [0.3, 0.4) is 0 Å². The minimum atomic E-state index is -3.82. The van der Waals surface area contributed by atoms with E-state index in [2.05, 4.69) is 4.72 Å².